The summed E-state index contributed by atoms with van der Waals surface area (Å²) in [6.45, 7) is 2.57. The molecule has 0 saturated carbocycles. The largest absolute Gasteiger partial charge is 0.497 e. The predicted molar refractivity (Wildman–Crippen MR) is 82.9 cm³/mol. The minimum Gasteiger partial charge on any atom is -0.497 e. The highest BCUT2D eigenvalue weighted by Crippen LogP contribution is 2.17. The van der Waals surface area contributed by atoms with Crippen LogP contribution in [0.5, 0.6) is 11.5 Å². The van der Waals surface area contributed by atoms with E-state index in [-0.39, 0.29) is 5.91 Å². The lowest BCUT2D eigenvalue weighted by molar-refractivity contribution is -0.115. The van der Waals surface area contributed by atoms with Gasteiger partial charge in [0.25, 0.3) is 0 Å². The number of ether oxygens (including phenoxy) is 2. The molecule has 0 aromatic heterocycles. The summed E-state index contributed by atoms with van der Waals surface area (Å²) < 4.78 is 10.5. The quantitative estimate of drug-likeness (QED) is 0.886. The van der Waals surface area contributed by atoms with Crippen LogP contribution in [-0.4, -0.2) is 19.6 Å². The van der Waals surface area contributed by atoms with E-state index in [4.69, 9.17) is 9.47 Å². The first-order valence-corrected chi connectivity index (χ1v) is 6.87. The molecule has 0 aliphatic carbocycles. The lowest BCUT2D eigenvalue weighted by Crippen LogP contribution is -2.14. The van der Waals surface area contributed by atoms with Crippen LogP contribution in [0.15, 0.2) is 48.5 Å². The van der Waals surface area contributed by atoms with Crippen LogP contribution in [0, 0.1) is 0 Å². The van der Waals surface area contributed by atoms with Crippen molar-refractivity contribution in [1.29, 1.82) is 0 Å². The molecule has 2 aromatic rings. The average Bonchev–Trinajstić information content (AvgIpc) is 2.49. The summed E-state index contributed by atoms with van der Waals surface area (Å²) in [4.78, 5) is 12.0. The first-order chi connectivity index (χ1) is 10.2. The van der Waals surface area contributed by atoms with Gasteiger partial charge in [-0.3, -0.25) is 4.79 Å². The van der Waals surface area contributed by atoms with Gasteiger partial charge in [0.2, 0.25) is 5.91 Å². The smallest absolute Gasteiger partial charge is 0.228 e. The molecule has 1 N–H and O–H groups in total. The second-order valence-electron chi connectivity index (χ2n) is 4.53. The molecule has 0 heterocycles. The molecule has 4 nitrogen and oxygen atoms in total. The van der Waals surface area contributed by atoms with Crippen LogP contribution in [0.25, 0.3) is 0 Å². The number of nitrogens with one attached hydrogen (secondary N) is 1. The Labute approximate surface area is 124 Å². The van der Waals surface area contributed by atoms with Crippen molar-refractivity contribution >= 4 is 11.6 Å². The molecular formula is C17H19NO3. The summed E-state index contributed by atoms with van der Waals surface area (Å²) in [5, 5.41) is 2.85. The first-order valence-electron chi connectivity index (χ1n) is 6.87. The standard InChI is InChI=1S/C17H19NO3/c1-3-21-15-9-7-13(8-10-15)11-17(19)18-14-5-4-6-16(12-14)20-2/h4-10,12H,3,11H2,1-2H3,(H,18,19). The van der Waals surface area contributed by atoms with Gasteiger partial charge < -0.3 is 14.8 Å². The molecule has 110 valence electrons. The number of methoxy groups -OCH3 is 1. The molecule has 0 saturated heterocycles. The molecule has 0 aliphatic heterocycles. The third-order valence-electron chi connectivity index (χ3n) is 2.95. The fourth-order valence-electron chi connectivity index (χ4n) is 1.96. The van der Waals surface area contributed by atoms with Crippen molar-refractivity contribution in [2.45, 2.75) is 13.3 Å². The summed E-state index contributed by atoms with van der Waals surface area (Å²) in [7, 11) is 1.60. The van der Waals surface area contributed by atoms with Gasteiger partial charge >= 0.3 is 0 Å². The van der Waals surface area contributed by atoms with Crippen LogP contribution in [0.1, 0.15) is 12.5 Å². The fourth-order valence-corrected chi connectivity index (χ4v) is 1.96. The Morgan fingerprint density at radius 1 is 1.10 bits per heavy atom. The molecule has 0 bridgehead atoms. The number of anilines is 1. The lowest BCUT2D eigenvalue weighted by atomic mass is 10.1. The Bertz CT molecular complexity index is 593. The molecule has 0 fully saturated rings. The van der Waals surface area contributed by atoms with Crippen LogP contribution < -0.4 is 14.8 Å². The molecule has 0 radical (unpaired) electrons. The minimum atomic E-state index is -0.0626. The normalized spacial score (nSPS) is 10.0. The molecule has 2 aromatic carbocycles. The Hall–Kier alpha value is -2.49. The zero-order valence-electron chi connectivity index (χ0n) is 12.3. The Morgan fingerprint density at radius 2 is 1.86 bits per heavy atom. The summed E-state index contributed by atoms with van der Waals surface area (Å²) in [5.74, 6) is 1.47. The van der Waals surface area contributed by atoms with Crippen LogP contribution in [0.2, 0.25) is 0 Å². The van der Waals surface area contributed by atoms with Gasteiger partial charge in [-0.05, 0) is 36.8 Å². The van der Waals surface area contributed by atoms with E-state index >= 15 is 0 Å². The predicted octanol–water partition coefficient (Wildman–Crippen LogP) is 3.28. The van der Waals surface area contributed by atoms with Crippen molar-refractivity contribution in [2.24, 2.45) is 0 Å². The van der Waals surface area contributed by atoms with Crippen LogP contribution in [0.3, 0.4) is 0 Å². The van der Waals surface area contributed by atoms with E-state index in [2.05, 4.69) is 5.32 Å². The monoisotopic (exact) mass is 285 g/mol. The van der Waals surface area contributed by atoms with E-state index < -0.39 is 0 Å². The van der Waals surface area contributed by atoms with Gasteiger partial charge in [0, 0.05) is 11.8 Å². The number of rotatable bonds is 6. The summed E-state index contributed by atoms with van der Waals surface area (Å²) in [6, 6.07) is 14.8. The van der Waals surface area contributed by atoms with Crippen molar-refractivity contribution in [3.05, 3.63) is 54.1 Å². The number of hydrogen-bond donors (Lipinski definition) is 1. The molecular weight excluding hydrogens is 266 g/mol. The van der Waals surface area contributed by atoms with Gasteiger partial charge in [-0.15, -0.1) is 0 Å². The number of hydrogen-bond acceptors (Lipinski definition) is 3. The second kappa shape index (κ2) is 7.33. The number of carbonyl (C=O) groups excluding carboxylic acids is 1. The Kier molecular flexibility index (Phi) is 5.21. The second-order valence-corrected chi connectivity index (χ2v) is 4.53. The van der Waals surface area contributed by atoms with Gasteiger partial charge in [-0.2, -0.15) is 0 Å². The van der Waals surface area contributed by atoms with E-state index in [1.54, 1.807) is 13.2 Å². The summed E-state index contributed by atoms with van der Waals surface area (Å²) in [5.41, 5.74) is 1.67. The van der Waals surface area contributed by atoms with Crippen molar-refractivity contribution < 1.29 is 14.3 Å². The highest BCUT2D eigenvalue weighted by atomic mass is 16.5. The third kappa shape index (κ3) is 4.53. The molecule has 0 atom stereocenters. The Morgan fingerprint density at radius 3 is 2.52 bits per heavy atom. The first kappa shape index (κ1) is 14.9. The molecule has 2 rings (SSSR count). The maximum atomic E-state index is 12.0. The Balaban J connectivity index is 1.94. The van der Waals surface area contributed by atoms with Crippen molar-refractivity contribution in [3.8, 4) is 11.5 Å². The molecule has 21 heavy (non-hydrogen) atoms. The van der Waals surface area contributed by atoms with Crippen LogP contribution in [-0.2, 0) is 11.2 Å². The van der Waals surface area contributed by atoms with Gasteiger partial charge in [0.15, 0.2) is 0 Å². The van der Waals surface area contributed by atoms with Crippen LogP contribution in [0.4, 0.5) is 5.69 Å². The zero-order valence-corrected chi connectivity index (χ0v) is 12.3. The highest BCUT2D eigenvalue weighted by molar-refractivity contribution is 5.92. The average molecular weight is 285 g/mol. The maximum absolute atomic E-state index is 12.0. The molecule has 0 aliphatic rings. The number of benzene rings is 2. The van der Waals surface area contributed by atoms with E-state index in [1.807, 2.05) is 49.4 Å². The maximum Gasteiger partial charge on any atom is 0.228 e. The van der Waals surface area contributed by atoms with E-state index in [9.17, 15) is 4.79 Å². The van der Waals surface area contributed by atoms with Gasteiger partial charge in [0.05, 0.1) is 20.1 Å². The molecule has 0 unspecified atom stereocenters. The topological polar surface area (TPSA) is 47.6 Å². The third-order valence-corrected chi connectivity index (χ3v) is 2.95. The minimum absolute atomic E-state index is 0.0626. The van der Waals surface area contributed by atoms with Crippen LogP contribution >= 0.6 is 0 Å². The van der Waals surface area contributed by atoms with Crippen molar-refractivity contribution in [1.82, 2.24) is 0 Å². The summed E-state index contributed by atoms with van der Waals surface area (Å²) >= 11 is 0. The van der Waals surface area contributed by atoms with E-state index in [0.29, 0.717) is 18.8 Å². The molecule has 4 heteroatoms. The SMILES string of the molecule is CCOc1ccc(CC(=O)Nc2cccc(OC)c2)cc1. The fraction of sp³-hybridized carbons (Fsp3) is 0.235. The van der Waals surface area contributed by atoms with E-state index in [1.165, 1.54) is 0 Å². The van der Waals surface area contributed by atoms with Gasteiger partial charge in [0.1, 0.15) is 11.5 Å². The number of carbonyl (C=O) groups is 1. The molecule has 1 amide bonds. The summed E-state index contributed by atoms with van der Waals surface area (Å²) in [6.07, 6.45) is 0.323. The van der Waals surface area contributed by atoms with Crippen molar-refractivity contribution in [2.75, 3.05) is 19.0 Å². The van der Waals surface area contributed by atoms with Gasteiger partial charge in [-0.25, -0.2) is 0 Å². The van der Waals surface area contributed by atoms with Gasteiger partial charge in [-0.1, -0.05) is 18.2 Å². The highest BCUT2D eigenvalue weighted by Gasteiger charge is 2.05. The lowest BCUT2D eigenvalue weighted by Gasteiger charge is -2.08. The van der Waals surface area contributed by atoms with Crippen molar-refractivity contribution in [3.63, 3.8) is 0 Å². The zero-order chi connectivity index (χ0) is 15.1. The number of amides is 1. The molecule has 0 spiro atoms. The van der Waals surface area contributed by atoms with E-state index in [0.717, 1.165) is 17.0 Å².